The van der Waals surface area contributed by atoms with Crippen molar-refractivity contribution < 1.29 is 4.79 Å². The molecule has 0 fully saturated rings. The number of carbonyl (C=O) groups excluding carboxylic acids is 1. The van der Waals surface area contributed by atoms with Crippen LogP contribution in [0.25, 0.3) is 0 Å². The average molecular weight is 284 g/mol. The molecule has 0 aliphatic carbocycles. The third kappa shape index (κ3) is 4.27. The lowest BCUT2D eigenvalue weighted by molar-refractivity contribution is -0.118. The first-order valence-electron chi connectivity index (χ1n) is 6.94. The summed E-state index contributed by atoms with van der Waals surface area (Å²) >= 11 is 0. The number of amides is 1. The maximum absolute atomic E-state index is 11.6. The monoisotopic (exact) mass is 284 g/mol. The van der Waals surface area contributed by atoms with Gasteiger partial charge in [-0.05, 0) is 49.2 Å². The first kappa shape index (κ1) is 15.0. The molecule has 0 saturated heterocycles. The molecule has 0 spiro atoms. The smallest absolute Gasteiger partial charge is 0.228 e. The molecule has 1 aromatic heterocycles. The third-order valence-electron chi connectivity index (χ3n) is 2.93. The lowest BCUT2D eigenvalue weighted by Gasteiger charge is -2.09. The van der Waals surface area contributed by atoms with Crippen LogP contribution in [-0.4, -0.2) is 16.1 Å². The van der Waals surface area contributed by atoms with Crippen molar-refractivity contribution in [2.45, 2.75) is 27.7 Å². The molecule has 110 valence electrons. The van der Waals surface area contributed by atoms with Crippen molar-refractivity contribution in [3.05, 3.63) is 41.5 Å². The number of nitrogens with one attached hydrogen (secondary N) is 2. The van der Waals surface area contributed by atoms with Crippen LogP contribution >= 0.6 is 0 Å². The van der Waals surface area contributed by atoms with Gasteiger partial charge in [0.25, 0.3) is 0 Å². The standard InChI is InChI=1S/C16H20N4O/c1-10(2)16(21)18-15-6-5-14(19-20-15)17-13-8-11(3)7-12(4)9-13/h5-10H,1-4H3,(H,17,19)(H,18,20,21). The molecule has 2 aromatic rings. The summed E-state index contributed by atoms with van der Waals surface area (Å²) in [6.07, 6.45) is 0. The SMILES string of the molecule is Cc1cc(C)cc(Nc2ccc(NC(=O)C(C)C)nn2)c1. The van der Waals surface area contributed by atoms with E-state index in [1.54, 1.807) is 12.1 Å². The average Bonchev–Trinajstić information content (AvgIpc) is 2.39. The zero-order chi connectivity index (χ0) is 15.4. The maximum atomic E-state index is 11.6. The molecule has 0 aliphatic heterocycles. The van der Waals surface area contributed by atoms with Crippen LogP contribution < -0.4 is 10.6 Å². The van der Waals surface area contributed by atoms with Crippen LogP contribution in [0.5, 0.6) is 0 Å². The molecule has 0 atom stereocenters. The minimum absolute atomic E-state index is 0.0701. The summed E-state index contributed by atoms with van der Waals surface area (Å²) in [6, 6.07) is 9.73. The topological polar surface area (TPSA) is 66.9 Å². The van der Waals surface area contributed by atoms with Crippen LogP contribution in [0, 0.1) is 19.8 Å². The van der Waals surface area contributed by atoms with Gasteiger partial charge in [-0.15, -0.1) is 10.2 Å². The fourth-order valence-electron chi connectivity index (χ4n) is 1.93. The lowest BCUT2D eigenvalue weighted by Crippen LogP contribution is -2.18. The Morgan fingerprint density at radius 1 is 1.00 bits per heavy atom. The number of aryl methyl sites for hydroxylation is 2. The molecule has 0 unspecified atom stereocenters. The van der Waals surface area contributed by atoms with E-state index < -0.39 is 0 Å². The van der Waals surface area contributed by atoms with Gasteiger partial charge in [0.15, 0.2) is 11.6 Å². The number of benzene rings is 1. The number of aromatic nitrogens is 2. The predicted molar refractivity (Wildman–Crippen MR) is 84.7 cm³/mol. The molecule has 0 radical (unpaired) electrons. The summed E-state index contributed by atoms with van der Waals surface area (Å²) in [4.78, 5) is 11.6. The molecular formula is C16H20N4O. The first-order valence-corrected chi connectivity index (χ1v) is 6.94. The van der Waals surface area contributed by atoms with Gasteiger partial charge in [-0.1, -0.05) is 19.9 Å². The molecule has 1 amide bonds. The minimum Gasteiger partial charge on any atom is -0.339 e. The van der Waals surface area contributed by atoms with Gasteiger partial charge >= 0.3 is 0 Å². The summed E-state index contributed by atoms with van der Waals surface area (Å²) in [6.45, 7) is 7.76. The van der Waals surface area contributed by atoms with Gasteiger partial charge in [0.05, 0.1) is 0 Å². The molecule has 2 N–H and O–H groups in total. The van der Waals surface area contributed by atoms with Crippen molar-refractivity contribution >= 4 is 23.2 Å². The summed E-state index contributed by atoms with van der Waals surface area (Å²) < 4.78 is 0. The van der Waals surface area contributed by atoms with Crippen molar-refractivity contribution in [1.82, 2.24) is 10.2 Å². The van der Waals surface area contributed by atoms with Crippen molar-refractivity contribution in [2.24, 2.45) is 5.92 Å². The van der Waals surface area contributed by atoms with Crippen LogP contribution in [0.1, 0.15) is 25.0 Å². The van der Waals surface area contributed by atoms with E-state index >= 15 is 0 Å². The maximum Gasteiger partial charge on any atom is 0.228 e. The number of hydrogen-bond donors (Lipinski definition) is 2. The lowest BCUT2D eigenvalue weighted by atomic mass is 10.1. The normalized spacial score (nSPS) is 10.5. The highest BCUT2D eigenvalue weighted by Gasteiger charge is 2.08. The molecule has 5 nitrogen and oxygen atoms in total. The van der Waals surface area contributed by atoms with Crippen molar-refractivity contribution in [3.63, 3.8) is 0 Å². The van der Waals surface area contributed by atoms with E-state index in [2.05, 4.69) is 40.7 Å². The largest absolute Gasteiger partial charge is 0.339 e. The van der Waals surface area contributed by atoms with E-state index in [1.807, 2.05) is 26.0 Å². The number of rotatable bonds is 4. The highest BCUT2D eigenvalue weighted by atomic mass is 16.1. The second-order valence-electron chi connectivity index (χ2n) is 5.45. The Morgan fingerprint density at radius 3 is 2.10 bits per heavy atom. The Kier molecular flexibility index (Phi) is 4.52. The zero-order valence-electron chi connectivity index (χ0n) is 12.8. The number of carbonyl (C=O) groups is 1. The molecule has 21 heavy (non-hydrogen) atoms. The highest BCUT2D eigenvalue weighted by Crippen LogP contribution is 2.18. The predicted octanol–water partition coefficient (Wildman–Crippen LogP) is 3.43. The molecular weight excluding hydrogens is 264 g/mol. The summed E-state index contributed by atoms with van der Waals surface area (Å²) in [5, 5.41) is 14.0. The quantitative estimate of drug-likeness (QED) is 0.902. The Labute approximate surface area is 124 Å². The zero-order valence-corrected chi connectivity index (χ0v) is 12.8. The first-order chi connectivity index (χ1) is 9.94. The number of hydrogen-bond acceptors (Lipinski definition) is 4. The molecule has 1 aromatic carbocycles. The molecule has 1 heterocycles. The van der Waals surface area contributed by atoms with E-state index in [0.29, 0.717) is 11.6 Å². The van der Waals surface area contributed by atoms with Gasteiger partial charge in [-0.25, -0.2) is 0 Å². The third-order valence-corrected chi connectivity index (χ3v) is 2.93. The van der Waals surface area contributed by atoms with Crippen molar-refractivity contribution in [2.75, 3.05) is 10.6 Å². The van der Waals surface area contributed by atoms with E-state index in [4.69, 9.17) is 0 Å². The number of anilines is 3. The van der Waals surface area contributed by atoms with Crippen molar-refractivity contribution in [1.29, 1.82) is 0 Å². The summed E-state index contributed by atoms with van der Waals surface area (Å²) in [5.74, 6) is 0.946. The Hall–Kier alpha value is -2.43. The molecule has 2 rings (SSSR count). The van der Waals surface area contributed by atoms with Crippen LogP contribution in [0.3, 0.4) is 0 Å². The Morgan fingerprint density at radius 2 is 1.57 bits per heavy atom. The highest BCUT2D eigenvalue weighted by molar-refractivity contribution is 5.91. The van der Waals surface area contributed by atoms with Gasteiger partial charge < -0.3 is 10.6 Å². The Balaban J connectivity index is 2.07. The van der Waals surface area contributed by atoms with Crippen LogP contribution in [0.4, 0.5) is 17.3 Å². The van der Waals surface area contributed by atoms with Crippen LogP contribution in [0.15, 0.2) is 30.3 Å². The molecule has 5 heteroatoms. The fourth-order valence-corrected chi connectivity index (χ4v) is 1.93. The fraction of sp³-hybridized carbons (Fsp3) is 0.312. The summed E-state index contributed by atoms with van der Waals surface area (Å²) in [7, 11) is 0. The second-order valence-corrected chi connectivity index (χ2v) is 5.45. The van der Waals surface area contributed by atoms with Gasteiger partial charge in [-0.3, -0.25) is 4.79 Å². The van der Waals surface area contributed by atoms with E-state index in [1.165, 1.54) is 11.1 Å². The van der Waals surface area contributed by atoms with Crippen LogP contribution in [0.2, 0.25) is 0 Å². The van der Waals surface area contributed by atoms with Gasteiger partial charge in [-0.2, -0.15) is 0 Å². The second kappa shape index (κ2) is 6.35. The minimum atomic E-state index is -0.0835. The van der Waals surface area contributed by atoms with E-state index in [9.17, 15) is 4.79 Å². The molecule has 0 saturated carbocycles. The van der Waals surface area contributed by atoms with Gasteiger partial charge in [0.2, 0.25) is 5.91 Å². The molecule has 0 bridgehead atoms. The van der Waals surface area contributed by atoms with Crippen molar-refractivity contribution in [3.8, 4) is 0 Å². The van der Waals surface area contributed by atoms with E-state index in [0.717, 1.165) is 5.69 Å². The van der Waals surface area contributed by atoms with E-state index in [-0.39, 0.29) is 11.8 Å². The molecule has 0 aliphatic rings. The summed E-state index contributed by atoms with van der Waals surface area (Å²) in [5.41, 5.74) is 3.35. The Bertz CT molecular complexity index is 615. The van der Waals surface area contributed by atoms with Gasteiger partial charge in [0.1, 0.15) is 0 Å². The number of nitrogens with zero attached hydrogens (tertiary/aromatic N) is 2. The van der Waals surface area contributed by atoms with Crippen LogP contribution in [-0.2, 0) is 4.79 Å². The van der Waals surface area contributed by atoms with Gasteiger partial charge in [0, 0.05) is 11.6 Å².